The van der Waals surface area contributed by atoms with Crippen LogP contribution in [0.15, 0.2) is 0 Å². The Morgan fingerprint density at radius 1 is 1.58 bits per heavy atom. The molecule has 2 fully saturated rings. The molecule has 2 nitrogen and oxygen atoms in total. The van der Waals surface area contributed by atoms with Gasteiger partial charge in [-0.1, -0.05) is 0 Å². The molecular weight excluding hydrogens is 174 g/mol. The number of rotatable bonds is 1. The van der Waals surface area contributed by atoms with E-state index in [0.717, 1.165) is 13.0 Å². The Morgan fingerprint density at radius 2 is 2.33 bits per heavy atom. The van der Waals surface area contributed by atoms with Crippen LogP contribution < -0.4 is 0 Å². The number of hydrogen-bond donors (Lipinski definition) is 0. The molecule has 3 atom stereocenters. The molecule has 1 aliphatic heterocycles. The Morgan fingerprint density at radius 3 is 2.92 bits per heavy atom. The van der Waals surface area contributed by atoms with Crippen molar-refractivity contribution < 1.29 is 4.74 Å². The van der Waals surface area contributed by atoms with E-state index in [1.54, 1.807) is 7.11 Å². The number of ether oxygens (including phenoxy) is 1. The minimum atomic E-state index is -0.148. The number of fused-ring (bicyclic) bond motifs is 2. The van der Waals surface area contributed by atoms with Crippen LogP contribution in [0.1, 0.15) is 19.3 Å². The van der Waals surface area contributed by atoms with E-state index >= 15 is 0 Å². The first kappa shape index (κ1) is 8.79. The molecule has 0 spiro atoms. The van der Waals surface area contributed by atoms with Gasteiger partial charge in [0.05, 0.1) is 5.38 Å². The number of alkyl halides is 1. The van der Waals surface area contributed by atoms with Crippen molar-refractivity contribution in [1.82, 2.24) is 4.90 Å². The van der Waals surface area contributed by atoms with Crippen LogP contribution in [0.25, 0.3) is 0 Å². The molecule has 0 aromatic carbocycles. The van der Waals surface area contributed by atoms with Crippen LogP contribution in [0.4, 0.5) is 0 Å². The van der Waals surface area contributed by atoms with Crippen molar-refractivity contribution in [1.29, 1.82) is 0 Å². The summed E-state index contributed by atoms with van der Waals surface area (Å²) in [6, 6.07) is 0. The zero-order valence-corrected chi connectivity index (χ0v) is 8.47. The maximum atomic E-state index is 6.37. The first-order valence-electron chi connectivity index (χ1n) is 4.61. The highest BCUT2D eigenvalue weighted by Gasteiger charge is 2.53. The summed E-state index contributed by atoms with van der Waals surface area (Å²) in [5.41, 5.74) is -0.148. The SMILES string of the molecule is CO[C@]12CCC[C@H](CN1C)[C@@H]2Cl. The Kier molecular flexibility index (Phi) is 2.10. The fraction of sp³-hybridized carbons (Fsp3) is 1.00. The van der Waals surface area contributed by atoms with Gasteiger partial charge >= 0.3 is 0 Å². The van der Waals surface area contributed by atoms with E-state index in [4.69, 9.17) is 16.3 Å². The van der Waals surface area contributed by atoms with Gasteiger partial charge in [0.1, 0.15) is 5.72 Å². The lowest BCUT2D eigenvalue weighted by Gasteiger charge is -2.39. The highest BCUT2D eigenvalue weighted by atomic mass is 35.5. The predicted molar refractivity (Wildman–Crippen MR) is 49.4 cm³/mol. The van der Waals surface area contributed by atoms with Crippen molar-refractivity contribution in [2.45, 2.75) is 30.4 Å². The molecule has 0 amide bonds. The van der Waals surface area contributed by atoms with Crippen molar-refractivity contribution >= 4 is 11.6 Å². The Bertz CT molecular complexity index is 187. The molecule has 1 heterocycles. The van der Waals surface area contributed by atoms with Crippen molar-refractivity contribution in [3.63, 3.8) is 0 Å². The fourth-order valence-corrected chi connectivity index (χ4v) is 3.30. The van der Waals surface area contributed by atoms with Gasteiger partial charge in [-0.3, -0.25) is 4.90 Å². The van der Waals surface area contributed by atoms with Crippen LogP contribution in [0.2, 0.25) is 0 Å². The van der Waals surface area contributed by atoms with Crippen LogP contribution in [0, 0.1) is 5.92 Å². The van der Waals surface area contributed by atoms with Crippen LogP contribution in [0.3, 0.4) is 0 Å². The summed E-state index contributed by atoms with van der Waals surface area (Å²) in [7, 11) is 3.89. The maximum Gasteiger partial charge on any atom is 0.137 e. The summed E-state index contributed by atoms with van der Waals surface area (Å²) >= 11 is 6.37. The number of methoxy groups -OCH3 is 1. The second-order valence-electron chi connectivity index (χ2n) is 3.98. The largest absolute Gasteiger partial charge is 0.362 e. The molecule has 2 bridgehead atoms. The van der Waals surface area contributed by atoms with E-state index in [0.29, 0.717) is 5.92 Å². The number of nitrogens with zero attached hydrogens (tertiary/aromatic N) is 1. The minimum absolute atomic E-state index is 0.148. The standard InChI is InChI=1S/C9H16ClNO/c1-11-6-7-4-3-5-9(11,12-2)8(7)10/h7-8H,3-6H2,1-2H3/t7-,8+,9+/m1/s1. The van der Waals surface area contributed by atoms with Crippen LogP contribution in [-0.4, -0.2) is 36.7 Å². The summed E-state index contributed by atoms with van der Waals surface area (Å²) in [6.07, 6.45) is 3.61. The summed E-state index contributed by atoms with van der Waals surface area (Å²) in [5.74, 6) is 0.644. The maximum absolute atomic E-state index is 6.37. The van der Waals surface area contributed by atoms with Gasteiger partial charge in [0.25, 0.3) is 0 Å². The molecular formula is C9H16ClNO. The van der Waals surface area contributed by atoms with Crippen LogP contribution in [0.5, 0.6) is 0 Å². The first-order valence-corrected chi connectivity index (χ1v) is 5.05. The van der Waals surface area contributed by atoms with Gasteiger partial charge in [-0.25, -0.2) is 0 Å². The second-order valence-corrected chi connectivity index (χ2v) is 4.45. The highest BCUT2D eigenvalue weighted by molar-refractivity contribution is 6.21. The van der Waals surface area contributed by atoms with Gasteiger partial charge < -0.3 is 4.74 Å². The van der Waals surface area contributed by atoms with Gasteiger partial charge in [-0.15, -0.1) is 11.6 Å². The number of hydrogen-bond acceptors (Lipinski definition) is 2. The van der Waals surface area contributed by atoms with Crippen LogP contribution in [-0.2, 0) is 4.74 Å². The molecule has 1 saturated carbocycles. The van der Waals surface area contributed by atoms with E-state index in [1.165, 1.54) is 12.8 Å². The van der Waals surface area contributed by atoms with Crippen molar-refractivity contribution in [3.05, 3.63) is 0 Å². The molecule has 12 heavy (non-hydrogen) atoms. The van der Waals surface area contributed by atoms with Crippen LogP contribution >= 0.6 is 11.6 Å². The normalized spacial score (nSPS) is 48.2. The lowest BCUT2D eigenvalue weighted by molar-refractivity contribution is -0.109. The van der Waals surface area contributed by atoms with E-state index in [2.05, 4.69) is 11.9 Å². The lowest BCUT2D eigenvalue weighted by Crippen LogP contribution is -2.50. The Labute approximate surface area is 78.8 Å². The van der Waals surface area contributed by atoms with Gasteiger partial charge in [0.15, 0.2) is 0 Å². The van der Waals surface area contributed by atoms with E-state index in [9.17, 15) is 0 Å². The molecule has 2 aliphatic rings. The smallest absolute Gasteiger partial charge is 0.137 e. The molecule has 0 N–H and O–H groups in total. The Hall–Kier alpha value is 0.210. The van der Waals surface area contributed by atoms with Crippen molar-refractivity contribution in [2.24, 2.45) is 5.92 Å². The van der Waals surface area contributed by atoms with E-state index < -0.39 is 0 Å². The summed E-state index contributed by atoms with van der Waals surface area (Å²) in [4.78, 5) is 2.28. The van der Waals surface area contributed by atoms with Gasteiger partial charge in [0, 0.05) is 13.7 Å². The summed E-state index contributed by atoms with van der Waals surface area (Å²) < 4.78 is 5.59. The topological polar surface area (TPSA) is 12.5 Å². The number of halogens is 1. The molecule has 0 aromatic rings. The Balaban J connectivity index is 2.27. The fourth-order valence-electron chi connectivity index (χ4n) is 2.73. The average molecular weight is 190 g/mol. The number of likely N-dealkylation sites (tertiary alicyclic amines) is 1. The van der Waals surface area contributed by atoms with Crippen molar-refractivity contribution in [3.8, 4) is 0 Å². The highest BCUT2D eigenvalue weighted by Crippen LogP contribution is 2.46. The van der Waals surface area contributed by atoms with Gasteiger partial charge in [-0.05, 0) is 32.2 Å². The zero-order chi connectivity index (χ0) is 8.77. The van der Waals surface area contributed by atoms with Crippen molar-refractivity contribution in [2.75, 3.05) is 20.7 Å². The molecule has 2 rings (SSSR count). The minimum Gasteiger partial charge on any atom is -0.362 e. The first-order chi connectivity index (χ1) is 5.70. The summed E-state index contributed by atoms with van der Waals surface area (Å²) in [5, 5.41) is 0.196. The summed E-state index contributed by atoms with van der Waals surface area (Å²) in [6.45, 7) is 1.10. The predicted octanol–water partition coefficient (Wildman–Crippen LogP) is 1.68. The molecule has 70 valence electrons. The quantitative estimate of drug-likeness (QED) is 0.582. The third kappa shape index (κ3) is 0.949. The molecule has 1 saturated heterocycles. The van der Waals surface area contributed by atoms with E-state index in [-0.39, 0.29) is 11.1 Å². The molecule has 0 unspecified atom stereocenters. The molecule has 0 aromatic heterocycles. The zero-order valence-electron chi connectivity index (χ0n) is 7.72. The average Bonchev–Trinajstić information content (AvgIpc) is 2.23. The third-order valence-electron chi connectivity index (χ3n) is 3.46. The molecule has 3 heteroatoms. The molecule has 0 radical (unpaired) electrons. The van der Waals surface area contributed by atoms with Gasteiger partial charge in [-0.2, -0.15) is 0 Å². The second kappa shape index (κ2) is 2.86. The lowest BCUT2D eigenvalue weighted by atomic mass is 9.87. The van der Waals surface area contributed by atoms with Gasteiger partial charge in [0.2, 0.25) is 0 Å². The monoisotopic (exact) mass is 189 g/mol. The third-order valence-corrected chi connectivity index (χ3v) is 4.16. The molecule has 1 aliphatic carbocycles. The van der Waals surface area contributed by atoms with E-state index in [1.807, 2.05) is 0 Å².